The Morgan fingerprint density at radius 1 is 1.14 bits per heavy atom. The van der Waals surface area contributed by atoms with Crippen LogP contribution >= 0.6 is 0 Å². The van der Waals surface area contributed by atoms with Gasteiger partial charge in [0.15, 0.2) is 12.0 Å². The van der Waals surface area contributed by atoms with Crippen LogP contribution in [0.5, 0.6) is 5.75 Å². The summed E-state index contributed by atoms with van der Waals surface area (Å²) in [6.07, 6.45) is 3.79. The summed E-state index contributed by atoms with van der Waals surface area (Å²) in [6.45, 7) is -1.09. The zero-order valence-electron chi connectivity index (χ0n) is 20.0. The van der Waals surface area contributed by atoms with Crippen LogP contribution in [0.1, 0.15) is 53.1 Å². The second kappa shape index (κ2) is 9.78. The van der Waals surface area contributed by atoms with E-state index < -0.39 is 6.61 Å². The maximum atomic E-state index is 14.8. The zero-order chi connectivity index (χ0) is 25.4. The Balaban J connectivity index is 1.79. The van der Waals surface area contributed by atoms with E-state index in [1.54, 1.807) is 23.7 Å². The van der Waals surface area contributed by atoms with Crippen molar-refractivity contribution < 1.29 is 22.7 Å². The van der Waals surface area contributed by atoms with Crippen molar-refractivity contribution in [2.75, 3.05) is 7.05 Å². The molecule has 1 unspecified atom stereocenters. The molecule has 186 valence electrons. The number of halogens is 3. The quantitative estimate of drug-likeness (QED) is 0.289. The molecular formula is C28H26F3N3O2. The monoisotopic (exact) mass is 493 g/mol. The Kier molecular flexibility index (Phi) is 6.53. The number of rotatable bonds is 8. The van der Waals surface area contributed by atoms with E-state index in [-0.39, 0.29) is 28.9 Å². The molecule has 36 heavy (non-hydrogen) atoms. The van der Waals surface area contributed by atoms with Gasteiger partial charge in [0.05, 0.1) is 17.1 Å². The van der Waals surface area contributed by atoms with Gasteiger partial charge >= 0.3 is 6.61 Å². The van der Waals surface area contributed by atoms with E-state index in [4.69, 9.17) is 9.72 Å². The normalized spacial score (nSPS) is 13.8. The van der Waals surface area contributed by atoms with Gasteiger partial charge in [-0.25, -0.2) is 9.37 Å². The van der Waals surface area contributed by atoms with Crippen LogP contribution in [-0.2, 0) is 12.8 Å². The van der Waals surface area contributed by atoms with Crippen molar-refractivity contribution in [1.29, 1.82) is 0 Å². The van der Waals surface area contributed by atoms with Crippen molar-refractivity contribution in [3.05, 3.63) is 76.9 Å². The molecule has 0 radical (unpaired) electrons. The van der Waals surface area contributed by atoms with Gasteiger partial charge in [-0.3, -0.25) is 9.36 Å². The van der Waals surface area contributed by atoms with Gasteiger partial charge in [-0.05, 0) is 85.3 Å². The number of benzene rings is 3. The molecule has 0 saturated carbocycles. The lowest BCUT2D eigenvalue weighted by Gasteiger charge is -2.20. The molecule has 5 rings (SSSR count). The number of carbonyl (C=O) groups excluding carboxylic acids is 1. The summed E-state index contributed by atoms with van der Waals surface area (Å²) in [5.41, 5.74) is 4.89. The van der Waals surface area contributed by atoms with Crippen LogP contribution in [0.25, 0.3) is 27.8 Å². The molecule has 4 aromatic rings. The summed E-state index contributed by atoms with van der Waals surface area (Å²) < 4.78 is 48.0. The largest absolute Gasteiger partial charge is 0.433 e. The van der Waals surface area contributed by atoms with Crippen LogP contribution in [-0.4, -0.2) is 29.5 Å². The lowest BCUT2D eigenvalue weighted by atomic mass is 9.99. The first-order valence-corrected chi connectivity index (χ1v) is 12.0. The second-order valence-electron chi connectivity index (χ2n) is 8.90. The predicted octanol–water partition coefficient (Wildman–Crippen LogP) is 6.40. The first kappa shape index (κ1) is 24.1. The number of fused-ring (bicyclic) bond motifs is 2. The number of para-hydroxylation sites is 1. The highest BCUT2D eigenvalue weighted by Gasteiger charge is 2.25. The van der Waals surface area contributed by atoms with Crippen molar-refractivity contribution in [3.8, 4) is 22.6 Å². The van der Waals surface area contributed by atoms with Crippen molar-refractivity contribution in [1.82, 2.24) is 14.9 Å². The van der Waals surface area contributed by atoms with Gasteiger partial charge in [-0.15, -0.1) is 0 Å². The second-order valence-corrected chi connectivity index (χ2v) is 8.90. The highest BCUT2D eigenvalue weighted by atomic mass is 19.3. The number of carbonyl (C=O) groups is 1. The summed E-state index contributed by atoms with van der Waals surface area (Å²) in [5, 5.41) is 3.21. The minimum absolute atomic E-state index is 0.130. The van der Waals surface area contributed by atoms with Gasteiger partial charge in [-0.1, -0.05) is 25.1 Å². The van der Waals surface area contributed by atoms with Crippen molar-refractivity contribution >= 4 is 17.3 Å². The van der Waals surface area contributed by atoms with Gasteiger partial charge in [0, 0.05) is 5.56 Å². The predicted molar refractivity (Wildman–Crippen MR) is 133 cm³/mol. The van der Waals surface area contributed by atoms with E-state index >= 15 is 0 Å². The number of alkyl halides is 2. The number of ether oxygens (including phenoxy) is 1. The van der Waals surface area contributed by atoms with E-state index in [9.17, 15) is 18.0 Å². The highest BCUT2D eigenvalue weighted by Crippen LogP contribution is 2.37. The highest BCUT2D eigenvalue weighted by molar-refractivity contribution is 5.89. The minimum Gasteiger partial charge on any atom is -0.433 e. The lowest BCUT2D eigenvalue weighted by molar-refractivity contribution is -0.0498. The van der Waals surface area contributed by atoms with Crippen molar-refractivity contribution in [2.24, 2.45) is 0 Å². The molecular weight excluding hydrogens is 467 g/mol. The molecule has 1 atom stereocenters. The van der Waals surface area contributed by atoms with E-state index in [0.717, 1.165) is 41.5 Å². The van der Waals surface area contributed by atoms with E-state index in [1.807, 2.05) is 31.2 Å². The summed E-state index contributed by atoms with van der Waals surface area (Å²) >= 11 is 0. The van der Waals surface area contributed by atoms with Crippen LogP contribution in [0.3, 0.4) is 0 Å². The average molecular weight is 494 g/mol. The number of hydrogen-bond acceptors (Lipinski definition) is 4. The topological polar surface area (TPSA) is 56.2 Å². The Morgan fingerprint density at radius 3 is 2.69 bits per heavy atom. The number of hydrogen-bond donors (Lipinski definition) is 1. The number of aromatic nitrogens is 2. The number of nitrogens with one attached hydrogen (secondary N) is 1. The minimum atomic E-state index is -3.07. The number of aldehydes is 1. The van der Waals surface area contributed by atoms with E-state index in [1.165, 1.54) is 12.1 Å². The molecule has 1 aromatic heterocycles. The standard InChI is InChI=1S/C28H26F3N3O2/c1-3-22(32-2)27-33-23-11-10-16(19-12-17-6-4-8-20(17)21(29)13-19)14-24(23)34(27)26-18(15-35)7-5-9-25(26)36-28(30)31/h5,7,9-15,22,28,32H,3-4,6,8H2,1-2H3. The molecule has 0 fully saturated rings. The van der Waals surface area contributed by atoms with Gasteiger partial charge in [0.25, 0.3) is 0 Å². The molecule has 5 nitrogen and oxygen atoms in total. The Morgan fingerprint density at radius 2 is 1.97 bits per heavy atom. The maximum Gasteiger partial charge on any atom is 0.387 e. The molecule has 0 amide bonds. The first-order valence-electron chi connectivity index (χ1n) is 12.0. The summed E-state index contributed by atoms with van der Waals surface area (Å²) in [7, 11) is 1.79. The smallest absolute Gasteiger partial charge is 0.387 e. The average Bonchev–Trinajstić information content (AvgIpc) is 3.49. The fourth-order valence-electron chi connectivity index (χ4n) is 5.14. The lowest BCUT2D eigenvalue weighted by Crippen LogP contribution is -2.20. The molecule has 1 heterocycles. The number of imidazole rings is 1. The van der Waals surface area contributed by atoms with Crippen LogP contribution in [0.15, 0.2) is 48.5 Å². The van der Waals surface area contributed by atoms with Crippen LogP contribution in [0.4, 0.5) is 13.2 Å². The van der Waals surface area contributed by atoms with Crippen LogP contribution < -0.4 is 10.1 Å². The Labute approximate surface area is 206 Å². The molecule has 0 aliphatic heterocycles. The van der Waals surface area contributed by atoms with Gasteiger partial charge in [-0.2, -0.15) is 8.78 Å². The fraction of sp³-hybridized carbons (Fsp3) is 0.286. The van der Waals surface area contributed by atoms with E-state index in [2.05, 4.69) is 5.32 Å². The van der Waals surface area contributed by atoms with Crippen LogP contribution in [0, 0.1) is 5.82 Å². The summed E-state index contributed by atoms with van der Waals surface area (Å²) in [4.78, 5) is 16.8. The Hall–Kier alpha value is -3.65. The molecule has 3 aromatic carbocycles. The molecule has 0 spiro atoms. The third-order valence-corrected chi connectivity index (χ3v) is 6.84. The zero-order valence-corrected chi connectivity index (χ0v) is 20.0. The summed E-state index contributed by atoms with van der Waals surface area (Å²) in [6, 6.07) is 13.4. The van der Waals surface area contributed by atoms with Gasteiger partial charge < -0.3 is 10.1 Å². The van der Waals surface area contributed by atoms with Gasteiger partial charge in [0.2, 0.25) is 0 Å². The van der Waals surface area contributed by atoms with Gasteiger partial charge in [0.1, 0.15) is 17.3 Å². The molecule has 8 heteroatoms. The van der Waals surface area contributed by atoms with Crippen LogP contribution in [0.2, 0.25) is 0 Å². The molecule has 1 N–H and O–H groups in total. The van der Waals surface area contributed by atoms with Crippen molar-refractivity contribution in [2.45, 2.75) is 45.3 Å². The first-order chi connectivity index (χ1) is 17.4. The maximum absolute atomic E-state index is 14.8. The number of aryl methyl sites for hydroxylation is 1. The molecule has 1 aliphatic carbocycles. The Bertz CT molecular complexity index is 1440. The van der Waals surface area contributed by atoms with E-state index in [0.29, 0.717) is 29.6 Å². The molecule has 0 saturated heterocycles. The third kappa shape index (κ3) is 4.15. The summed E-state index contributed by atoms with van der Waals surface area (Å²) in [5.74, 6) is 0.213. The fourth-order valence-corrected chi connectivity index (χ4v) is 5.14. The third-order valence-electron chi connectivity index (χ3n) is 6.84. The SMILES string of the molecule is CCC(NC)c1nc2ccc(-c3cc(F)c4c(c3)CCC4)cc2n1-c1c(C=O)cccc1OC(F)F. The van der Waals surface area contributed by atoms with Crippen molar-refractivity contribution in [3.63, 3.8) is 0 Å². The molecule has 0 bridgehead atoms. The number of nitrogens with zero attached hydrogens (tertiary/aromatic N) is 2. The molecule has 1 aliphatic rings.